The molecule has 0 aliphatic rings. The van der Waals surface area contributed by atoms with Crippen molar-refractivity contribution >= 4 is 44.4 Å². The van der Waals surface area contributed by atoms with Crippen LogP contribution in [0.3, 0.4) is 0 Å². The van der Waals surface area contributed by atoms with E-state index in [0.29, 0.717) is 16.5 Å². The molecule has 0 radical (unpaired) electrons. The van der Waals surface area contributed by atoms with Gasteiger partial charge in [-0.2, -0.15) is 5.10 Å². The maximum absolute atomic E-state index is 6.37. The molecule has 0 aliphatic carbocycles. The first kappa shape index (κ1) is 17.0. The summed E-state index contributed by atoms with van der Waals surface area (Å²) in [5.41, 5.74) is 9.27. The van der Waals surface area contributed by atoms with Gasteiger partial charge in [-0.1, -0.05) is 11.6 Å². The fourth-order valence-electron chi connectivity index (χ4n) is 2.80. The van der Waals surface area contributed by atoms with Gasteiger partial charge >= 0.3 is 0 Å². The first-order valence-electron chi connectivity index (χ1n) is 7.34. The van der Waals surface area contributed by atoms with Crippen LogP contribution in [-0.2, 0) is 0 Å². The van der Waals surface area contributed by atoms with Crippen LogP contribution in [-0.4, -0.2) is 26.9 Å². The van der Waals surface area contributed by atoms with Crippen molar-refractivity contribution in [2.75, 3.05) is 12.8 Å². The molecule has 8 heteroatoms. The first-order chi connectivity index (χ1) is 11.4. The number of hydrogen-bond acceptors (Lipinski definition) is 5. The first-order valence-corrected chi connectivity index (χ1v) is 8.51. The highest BCUT2D eigenvalue weighted by atomic mass is 79.9. The Balaban J connectivity index is 2.24. The third-order valence-corrected chi connectivity index (χ3v) is 5.49. The minimum absolute atomic E-state index is 0.153. The largest absolute Gasteiger partial charge is 0.495 e. The van der Waals surface area contributed by atoms with Crippen molar-refractivity contribution in [3.8, 4) is 5.75 Å². The standard InChI is InChI=1S/C16H17BrClN5O/c1-7-11(18)5-10(14(24-4)13(7)17)9(3)23-16-12(8(2)22-23)15(19)20-6-21-16/h5-6,9H,1-4H3,(H2,19,20,21). The van der Waals surface area contributed by atoms with E-state index in [1.165, 1.54) is 6.33 Å². The number of benzene rings is 1. The van der Waals surface area contributed by atoms with E-state index in [4.69, 9.17) is 22.1 Å². The number of halogens is 2. The van der Waals surface area contributed by atoms with Crippen molar-refractivity contribution < 1.29 is 4.74 Å². The Morgan fingerprint density at radius 2 is 2.04 bits per heavy atom. The molecule has 1 atom stereocenters. The summed E-state index contributed by atoms with van der Waals surface area (Å²) in [7, 11) is 1.64. The molecule has 0 aliphatic heterocycles. The van der Waals surface area contributed by atoms with Crippen LogP contribution >= 0.6 is 27.5 Å². The Hall–Kier alpha value is -1.86. The van der Waals surface area contributed by atoms with E-state index in [1.807, 2.05) is 31.5 Å². The molecule has 2 aromatic heterocycles. The second kappa shape index (κ2) is 6.22. The number of anilines is 1. The summed E-state index contributed by atoms with van der Waals surface area (Å²) >= 11 is 9.93. The predicted molar refractivity (Wildman–Crippen MR) is 98.7 cm³/mol. The van der Waals surface area contributed by atoms with Crippen LogP contribution in [0.1, 0.15) is 29.8 Å². The van der Waals surface area contributed by atoms with Crippen molar-refractivity contribution in [3.05, 3.63) is 38.7 Å². The summed E-state index contributed by atoms with van der Waals surface area (Å²) < 4.78 is 8.25. The number of ether oxygens (including phenoxy) is 1. The van der Waals surface area contributed by atoms with E-state index >= 15 is 0 Å². The number of nitrogens with two attached hydrogens (primary N) is 1. The molecule has 0 fully saturated rings. The highest BCUT2D eigenvalue weighted by Gasteiger charge is 2.23. The monoisotopic (exact) mass is 409 g/mol. The summed E-state index contributed by atoms with van der Waals surface area (Å²) in [6, 6.07) is 1.75. The second-order valence-electron chi connectivity index (χ2n) is 5.58. The molecule has 0 spiro atoms. The van der Waals surface area contributed by atoms with Gasteiger partial charge < -0.3 is 10.5 Å². The van der Waals surface area contributed by atoms with Gasteiger partial charge in [-0.05, 0) is 48.3 Å². The molecule has 0 saturated heterocycles. The summed E-state index contributed by atoms with van der Waals surface area (Å²) in [5, 5.41) is 6.03. The average molecular weight is 411 g/mol. The van der Waals surface area contributed by atoms with Crippen molar-refractivity contribution in [2.45, 2.75) is 26.8 Å². The van der Waals surface area contributed by atoms with Crippen molar-refractivity contribution in [2.24, 2.45) is 0 Å². The number of methoxy groups -OCH3 is 1. The van der Waals surface area contributed by atoms with Gasteiger partial charge in [0.15, 0.2) is 5.65 Å². The molecule has 0 saturated carbocycles. The molecule has 2 N–H and O–H groups in total. The summed E-state index contributed by atoms with van der Waals surface area (Å²) in [6.07, 6.45) is 1.44. The normalized spacial score (nSPS) is 12.6. The molecule has 6 nitrogen and oxygen atoms in total. The zero-order chi connectivity index (χ0) is 17.6. The van der Waals surface area contributed by atoms with E-state index in [-0.39, 0.29) is 6.04 Å². The van der Waals surface area contributed by atoms with Gasteiger partial charge in [-0.3, -0.25) is 0 Å². The molecule has 126 valence electrons. The van der Waals surface area contributed by atoms with Crippen LogP contribution in [0.5, 0.6) is 5.75 Å². The Kier molecular flexibility index (Phi) is 4.40. The van der Waals surface area contributed by atoms with Crippen LogP contribution in [0.25, 0.3) is 11.0 Å². The van der Waals surface area contributed by atoms with E-state index in [2.05, 4.69) is 31.0 Å². The van der Waals surface area contributed by atoms with E-state index in [1.54, 1.807) is 7.11 Å². The minimum Gasteiger partial charge on any atom is -0.495 e. The third-order valence-electron chi connectivity index (χ3n) is 4.15. The maximum Gasteiger partial charge on any atom is 0.164 e. The van der Waals surface area contributed by atoms with Crippen LogP contribution < -0.4 is 10.5 Å². The average Bonchev–Trinajstić information content (AvgIpc) is 2.90. The lowest BCUT2D eigenvalue weighted by atomic mass is 10.0. The molecule has 0 bridgehead atoms. The third kappa shape index (κ3) is 2.52. The quantitative estimate of drug-likeness (QED) is 0.704. The van der Waals surface area contributed by atoms with Gasteiger partial charge in [0.1, 0.15) is 17.9 Å². The van der Waals surface area contributed by atoms with E-state index < -0.39 is 0 Å². The fraction of sp³-hybridized carbons (Fsp3) is 0.312. The Morgan fingerprint density at radius 3 is 2.71 bits per heavy atom. The van der Waals surface area contributed by atoms with Crippen LogP contribution in [0.2, 0.25) is 5.02 Å². The highest BCUT2D eigenvalue weighted by Crippen LogP contribution is 2.41. The second-order valence-corrected chi connectivity index (χ2v) is 6.78. The zero-order valence-electron chi connectivity index (χ0n) is 13.8. The molecule has 1 unspecified atom stereocenters. The van der Waals surface area contributed by atoms with Gasteiger partial charge in [0.05, 0.1) is 28.7 Å². The lowest BCUT2D eigenvalue weighted by molar-refractivity contribution is 0.398. The SMILES string of the molecule is COc1c(C(C)n2nc(C)c3c(N)ncnc32)cc(Cl)c(C)c1Br. The number of fused-ring (bicyclic) bond motifs is 1. The highest BCUT2D eigenvalue weighted by molar-refractivity contribution is 9.10. The smallest absolute Gasteiger partial charge is 0.164 e. The molecule has 0 amide bonds. The Bertz CT molecular complexity index is 940. The van der Waals surface area contributed by atoms with Crippen molar-refractivity contribution in [1.82, 2.24) is 19.7 Å². The van der Waals surface area contributed by atoms with Gasteiger partial charge in [0.25, 0.3) is 0 Å². The number of aryl methyl sites for hydroxylation is 1. The summed E-state index contributed by atoms with van der Waals surface area (Å²) in [4.78, 5) is 8.40. The van der Waals surface area contributed by atoms with Crippen LogP contribution in [0.15, 0.2) is 16.9 Å². The van der Waals surface area contributed by atoms with Gasteiger partial charge in [-0.25, -0.2) is 14.6 Å². The van der Waals surface area contributed by atoms with Gasteiger partial charge in [0.2, 0.25) is 0 Å². The fourth-order valence-corrected chi connectivity index (χ4v) is 3.73. The molecular formula is C16H17BrClN5O. The number of nitrogens with zero attached hydrogens (tertiary/aromatic N) is 4. The minimum atomic E-state index is -0.153. The number of aromatic nitrogens is 4. The molecule has 2 heterocycles. The molecule has 3 aromatic rings. The lowest BCUT2D eigenvalue weighted by Crippen LogP contribution is -2.11. The van der Waals surface area contributed by atoms with Crippen molar-refractivity contribution in [3.63, 3.8) is 0 Å². The zero-order valence-corrected chi connectivity index (χ0v) is 16.1. The van der Waals surface area contributed by atoms with E-state index in [0.717, 1.165) is 32.4 Å². The molecule has 24 heavy (non-hydrogen) atoms. The van der Waals surface area contributed by atoms with Gasteiger partial charge in [0, 0.05) is 10.6 Å². The van der Waals surface area contributed by atoms with E-state index in [9.17, 15) is 0 Å². The Labute approximate surface area is 153 Å². The molecule has 1 aromatic carbocycles. The Morgan fingerprint density at radius 1 is 1.33 bits per heavy atom. The number of rotatable bonds is 3. The molecular weight excluding hydrogens is 394 g/mol. The predicted octanol–water partition coefficient (Wildman–Crippen LogP) is 4.06. The maximum atomic E-state index is 6.37. The van der Waals surface area contributed by atoms with Crippen molar-refractivity contribution in [1.29, 1.82) is 0 Å². The summed E-state index contributed by atoms with van der Waals surface area (Å²) in [6.45, 7) is 5.84. The molecule has 3 rings (SSSR count). The van der Waals surface area contributed by atoms with Crippen LogP contribution in [0.4, 0.5) is 5.82 Å². The van der Waals surface area contributed by atoms with Gasteiger partial charge in [-0.15, -0.1) is 0 Å². The lowest BCUT2D eigenvalue weighted by Gasteiger charge is -2.20. The number of hydrogen-bond donors (Lipinski definition) is 1. The number of nitrogen functional groups attached to an aromatic ring is 1. The topological polar surface area (TPSA) is 78.9 Å². The summed E-state index contributed by atoms with van der Waals surface area (Å²) in [5.74, 6) is 1.15. The van der Waals surface area contributed by atoms with Crippen LogP contribution in [0, 0.1) is 13.8 Å².